The first-order chi connectivity index (χ1) is 10.4. The summed E-state index contributed by atoms with van der Waals surface area (Å²) in [5, 5.41) is 7.27. The average Bonchev–Trinajstić information content (AvgIpc) is 2.83. The third kappa shape index (κ3) is 3.71. The minimum atomic E-state index is -0.207. The van der Waals surface area contributed by atoms with Gasteiger partial charge >= 0.3 is 0 Å². The van der Waals surface area contributed by atoms with E-state index in [0.29, 0.717) is 6.54 Å². The zero-order valence-corrected chi connectivity index (χ0v) is 13.5. The van der Waals surface area contributed by atoms with Crippen LogP contribution in [0.5, 0.6) is 0 Å². The number of hydrogen-bond donors (Lipinski definition) is 2. The summed E-state index contributed by atoms with van der Waals surface area (Å²) in [6, 6.07) is 5.68. The predicted molar refractivity (Wildman–Crippen MR) is 85.5 cm³/mol. The smallest absolute Gasteiger partial charge is 0.224 e. The molecule has 2 aromatic rings. The molecule has 0 aliphatic heterocycles. The van der Waals surface area contributed by atoms with Crippen molar-refractivity contribution in [1.29, 1.82) is 0 Å². The van der Waals surface area contributed by atoms with Gasteiger partial charge in [0, 0.05) is 30.4 Å². The first-order valence-electron chi connectivity index (χ1n) is 7.40. The first kappa shape index (κ1) is 16.2. The lowest BCUT2D eigenvalue weighted by Gasteiger charge is -2.15. The van der Waals surface area contributed by atoms with Crippen LogP contribution in [0.2, 0.25) is 0 Å². The normalized spacial score (nSPS) is 13.7. The Hall–Kier alpha value is -2.21. The van der Waals surface area contributed by atoms with E-state index in [0.717, 1.165) is 22.8 Å². The second-order valence-corrected chi connectivity index (χ2v) is 5.73. The van der Waals surface area contributed by atoms with Gasteiger partial charge in [-0.2, -0.15) is 5.10 Å². The van der Waals surface area contributed by atoms with Gasteiger partial charge in [-0.05, 0) is 38.5 Å². The average molecular weight is 301 g/mol. The van der Waals surface area contributed by atoms with Crippen molar-refractivity contribution in [3.05, 3.63) is 41.3 Å². The van der Waals surface area contributed by atoms with Gasteiger partial charge in [-0.3, -0.25) is 4.79 Å². The molecule has 0 aromatic carbocycles. The molecule has 0 bridgehead atoms. The summed E-state index contributed by atoms with van der Waals surface area (Å²) in [4.78, 5) is 16.3. The lowest BCUT2D eigenvalue weighted by atomic mass is 10.0. The summed E-state index contributed by atoms with van der Waals surface area (Å²) in [5.74, 6) is 0.518. The van der Waals surface area contributed by atoms with Crippen molar-refractivity contribution in [3.8, 4) is 5.82 Å². The Morgan fingerprint density at radius 1 is 1.36 bits per heavy atom. The van der Waals surface area contributed by atoms with E-state index in [2.05, 4.69) is 15.4 Å². The van der Waals surface area contributed by atoms with Gasteiger partial charge in [0.15, 0.2) is 5.82 Å². The topological polar surface area (TPSA) is 85.8 Å². The molecule has 2 atom stereocenters. The molecule has 0 radical (unpaired) electrons. The maximum absolute atomic E-state index is 11.9. The molecule has 22 heavy (non-hydrogen) atoms. The number of nitrogens with one attached hydrogen (secondary N) is 1. The highest BCUT2D eigenvalue weighted by Crippen LogP contribution is 2.10. The number of amides is 1. The molecule has 0 fully saturated rings. The van der Waals surface area contributed by atoms with Crippen LogP contribution in [0.4, 0.5) is 0 Å². The Morgan fingerprint density at radius 2 is 2.09 bits per heavy atom. The molecule has 0 saturated heterocycles. The number of rotatable bonds is 5. The molecule has 1 amide bonds. The number of hydrogen-bond acceptors (Lipinski definition) is 4. The summed E-state index contributed by atoms with van der Waals surface area (Å²) >= 11 is 0. The van der Waals surface area contributed by atoms with Crippen molar-refractivity contribution >= 4 is 5.91 Å². The van der Waals surface area contributed by atoms with Crippen molar-refractivity contribution in [2.75, 3.05) is 0 Å². The molecular weight excluding hydrogens is 278 g/mol. The van der Waals surface area contributed by atoms with E-state index >= 15 is 0 Å². The van der Waals surface area contributed by atoms with Gasteiger partial charge < -0.3 is 11.1 Å². The number of nitrogens with zero attached hydrogens (tertiary/aromatic N) is 3. The molecule has 0 saturated carbocycles. The monoisotopic (exact) mass is 301 g/mol. The summed E-state index contributed by atoms with van der Waals surface area (Å²) in [7, 11) is 0. The highest BCUT2D eigenvalue weighted by molar-refractivity contribution is 5.78. The Kier molecular flexibility index (Phi) is 4.92. The standard InChI is InChI=1S/C16H23N5O/c1-10-7-11(2)21(20-10)15-6-5-14(8-18-15)9-19-16(22)12(3)13(4)17/h5-8,12-13H,9,17H2,1-4H3,(H,19,22). The molecule has 6 heteroatoms. The van der Waals surface area contributed by atoms with Crippen LogP contribution < -0.4 is 11.1 Å². The van der Waals surface area contributed by atoms with Gasteiger partial charge in [0.25, 0.3) is 0 Å². The third-order valence-corrected chi connectivity index (χ3v) is 3.70. The number of aryl methyl sites for hydroxylation is 2. The molecule has 2 aromatic heterocycles. The van der Waals surface area contributed by atoms with Crippen molar-refractivity contribution in [2.24, 2.45) is 11.7 Å². The van der Waals surface area contributed by atoms with Gasteiger partial charge in [0.1, 0.15) is 0 Å². The highest BCUT2D eigenvalue weighted by Gasteiger charge is 2.16. The van der Waals surface area contributed by atoms with Crippen LogP contribution >= 0.6 is 0 Å². The summed E-state index contributed by atoms with van der Waals surface area (Å²) in [6.07, 6.45) is 1.75. The molecule has 0 aliphatic rings. The quantitative estimate of drug-likeness (QED) is 0.876. The van der Waals surface area contributed by atoms with E-state index < -0.39 is 0 Å². The van der Waals surface area contributed by atoms with Crippen molar-refractivity contribution in [2.45, 2.75) is 40.3 Å². The minimum absolute atomic E-state index is 0.0439. The number of nitrogens with two attached hydrogens (primary N) is 1. The van der Waals surface area contributed by atoms with Crippen LogP contribution in [0.1, 0.15) is 30.8 Å². The molecule has 2 heterocycles. The van der Waals surface area contributed by atoms with Crippen LogP contribution in [0.3, 0.4) is 0 Å². The fraction of sp³-hybridized carbons (Fsp3) is 0.438. The van der Waals surface area contributed by atoms with Gasteiger partial charge in [-0.1, -0.05) is 13.0 Å². The fourth-order valence-corrected chi connectivity index (χ4v) is 2.10. The Morgan fingerprint density at radius 3 is 2.59 bits per heavy atom. The number of carbonyl (C=O) groups excluding carboxylic acids is 1. The fourth-order valence-electron chi connectivity index (χ4n) is 2.10. The van der Waals surface area contributed by atoms with Gasteiger partial charge in [-0.15, -0.1) is 0 Å². The summed E-state index contributed by atoms with van der Waals surface area (Å²) < 4.78 is 1.80. The molecule has 2 rings (SSSR count). The van der Waals surface area contributed by atoms with Gasteiger partial charge in [0.2, 0.25) is 5.91 Å². The number of aromatic nitrogens is 3. The molecular formula is C16H23N5O. The van der Waals surface area contributed by atoms with E-state index in [1.807, 2.05) is 45.9 Å². The van der Waals surface area contributed by atoms with Crippen LogP contribution in [-0.4, -0.2) is 26.7 Å². The van der Waals surface area contributed by atoms with Crippen LogP contribution in [0.25, 0.3) is 5.82 Å². The third-order valence-electron chi connectivity index (χ3n) is 3.70. The van der Waals surface area contributed by atoms with E-state index in [1.54, 1.807) is 10.9 Å². The Bertz CT molecular complexity index is 645. The van der Waals surface area contributed by atoms with Crippen molar-refractivity contribution < 1.29 is 4.79 Å². The van der Waals surface area contributed by atoms with Crippen molar-refractivity contribution in [1.82, 2.24) is 20.1 Å². The second-order valence-electron chi connectivity index (χ2n) is 5.73. The van der Waals surface area contributed by atoms with Crippen molar-refractivity contribution in [3.63, 3.8) is 0 Å². The van der Waals surface area contributed by atoms with Gasteiger partial charge in [0.05, 0.1) is 5.69 Å². The van der Waals surface area contributed by atoms with E-state index in [-0.39, 0.29) is 17.9 Å². The van der Waals surface area contributed by atoms with E-state index in [1.165, 1.54) is 0 Å². The van der Waals surface area contributed by atoms with Crippen LogP contribution in [0, 0.1) is 19.8 Å². The molecule has 0 spiro atoms. The lowest BCUT2D eigenvalue weighted by Crippen LogP contribution is -2.38. The molecule has 118 valence electrons. The molecule has 3 N–H and O–H groups in total. The molecule has 2 unspecified atom stereocenters. The highest BCUT2D eigenvalue weighted by atomic mass is 16.1. The first-order valence-corrected chi connectivity index (χ1v) is 7.40. The molecule has 0 aliphatic carbocycles. The largest absolute Gasteiger partial charge is 0.352 e. The zero-order valence-electron chi connectivity index (χ0n) is 13.5. The SMILES string of the molecule is Cc1cc(C)n(-c2ccc(CNC(=O)C(C)C(C)N)cn2)n1. The number of pyridine rings is 1. The zero-order chi connectivity index (χ0) is 16.3. The maximum atomic E-state index is 11.9. The lowest BCUT2D eigenvalue weighted by molar-refractivity contribution is -0.125. The van der Waals surface area contributed by atoms with E-state index in [4.69, 9.17) is 5.73 Å². The minimum Gasteiger partial charge on any atom is -0.352 e. The predicted octanol–water partition coefficient (Wildman–Crippen LogP) is 1.48. The maximum Gasteiger partial charge on any atom is 0.224 e. The Balaban J connectivity index is 2.01. The molecule has 6 nitrogen and oxygen atoms in total. The Labute approximate surface area is 130 Å². The van der Waals surface area contributed by atoms with Crippen LogP contribution in [-0.2, 0) is 11.3 Å². The summed E-state index contributed by atoms with van der Waals surface area (Å²) in [6.45, 7) is 8.04. The van der Waals surface area contributed by atoms with Crippen LogP contribution in [0.15, 0.2) is 24.4 Å². The van der Waals surface area contributed by atoms with Gasteiger partial charge in [-0.25, -0.2) is 9.67 Å². The van der Waals surface area contributed by atoms with E-state index in [9.17, 15) is 4.79 Å². The number of carbonyl (C=O) groups is 1. The second kappa shape index (κ2) is 6.70. The summed E-state index contributed by atoms with van der Waals surface area (Å²) in [5.41, 5.74) is 8.66.